The van der Waals surface area contributed by atoms with Crippen molar-refractivity contribution in [3.63, 3.8) is 0 Å². The standard InChI is InChI=1S/C15H26N4/c1-11(2)15-17-13(16)9-14(18-15)19(3)10-12-7-5-4-6-8-12/h9,11-12H,4-8,10H2,1-3H3,(H2,16,17,18). The second-order valence-corrected chi connectivity index (χ2v) is 6.05. The van der Waals surface area contributed by atoms with Gasteiger partial charge in [-0.25, -0.2) is 9.97 Å². The largest absolute Gasteiger partial charge is 0.384 e. The van der Waals surface area contributed by atoms with Crippen molar-refractivity contribution in [3.05, 3.63) is 11.9 Å². The van der Waals surface area contributed by atoms with Crippen LogP contribution in [0.2, 0.25) is 0 Å². The van der Waals surface area contributed by atoms with E-state index in [4.69, 9.17) is 5.73 Å². The number of hydrogen-bond donors (Lipinski definition) is 1. The van der Waals surface area contributed by atoms with Crippen LogP contribution >= 0.6 is 0 Å². The summed E-state index contributed by atoms with van der Waals surface area (Å²) in [5.74, 6) is 3.49. The van der Waals surface area contributed by atoms with Gasteiger partial charge in [0.05, 0.1) is 0 Å². The third kappa shape index (κ3) is 3.82. The molecule has 1 aromatic heterocycles. The average molecular weight is 262 g/mol. The highest BCUT2D eigenvalue weighted by molar-refractivity contribution is 5.46. The molecule has 1 aromatic rings. The lowest BCUT2D eigenvalue weighted by atomic mass is 9.89. The van der Waals surface area contributed by atoms with Crippen molar-refractivity contribution in [2.75, 3.05) is 24.2 Å². The molecule has 1 fully saturated rings. The minimum Gasteiger partial charge on any atom is -0.384 e. The van der Waals surface area contributed by atoms with Crippen LogP contribution in [0.5, 0.6) is 0 Å². The van der Waals surface area contributed by atoms with Crippen LogP contribution < -0.4 is 10.6 Å². The van der Waals surface area contributed by atoms with Crippen molar-refractivity contribution in [2.24, 2.45) is 5.92 Å². The zero-order valence-corrected chi connectivity index (χ0v) is 12.4. The number of nitrogens with zero attached hydrogens (tertiary/aromatic N) is 3. The van der Waals surface area contributed by atoms with Crippen molar-refractivity contribution in [3.8, 4) is 0 Å². The van der Waals surface area contributed by atoms with E-state index < -0.39 is 0 Å². The summed E-state index contributed by atoms with van der Waals surface area (Å²) in [7, 11) is 2.11. The molecule has 1 aliphatic carbocycles. The van der Waals surface area contributed by atoms with Crippen LogP contribution in [0.25, 0.3) is 0 Å². The molecule has 19 heavy (non-hydrogen) atoms. The highest BCUT2D eigenvalue weighted by Gasteiger charge is 2.17. The fraction of sp³-hybridized carbons (Fsp3) is 0.733. The Labute approximate surface area is 116 Å². The zero-order chi connectivity index (χ0) is 13.8. The van der Waals surface area contributed by atoms with Crippen molar-refractivity contribution < 1.29 is 0 Å². The summed E-state index contributed by atoms with van der Waals surface area (Å²) in [6, 6.07) is 1.88. The molecule has 4 nitrogen and oxygen atoms in total. The van der Waals surface area contributed by atoms with Crippen molar-refractivity contribution in [2.45, 2.75) is 51.9 Å². The van der Waals surface area contributed by atoms with Gasteiger partial charge in [0.1, 0.15) is 17.5 Å². The van der Waals surface area contributed by atoms with Crippen LogP contribution in [-0.4, -0.2) is 23.6 Å². The maximum Gasteiger partial charge on any atom is 0.135 e. The predicted molar refractivity (Wildman–Crippen MR) is 80.4 cm³/mol. The summed E-state index contributed by atoms with van der Waals surface area (Å²) >= 11 is 0. The van der Waals surface area contributed by atoms with Gasteiger partial charge in [-0.15, -0.1) is 0 Å². The second-order valence-electron chi connectivity index (χ2n) is 6.05. The van der Waals surface area contributed by atoms with E-state index >= 15 is 0 Å². The van der Waals surface area contributed by atoms with E-state index in [2.05, 4.69) is 35.8 Å². The quantitative estimate of drug-likeness (QED) is 0.905. The van der Waals surface area contributed by atoms with Gasteiger partial charge >= 0.3 is 0 Å². The van der Waals surface area contributed by atoms with Gasteiger partial charge in [-0.2, -0.15) is 0 Å². The van der Waals surface area contributed by atoms with E-state index in [9.17, 15) is 0 Å². The van der Waals surface area contributed by atoms with Crippen LogP contribution in [0.1, 0.15) is 57.7 Å². The molecular weight excluding hydrogens is 236 g/mol. The van der Waals surface area contributed by atoms with Gasteiger partial charge in [0.25, 0.3) is 0 Å². The van der Waals surface area contributed by atoms with Gasteiger partial charge < -0.3 is 10.6 Å². The maximum atomic E-state index is 5.89. The van der Waals surface area contributed by atoms with E-state index in [0.717, 1.165) is 24.1 Å². The number of nitrogens with two attached hydrogens (primary N) is 1. The topological polar surface area (TPSA) is 55.0 Å². The van der Waals surface area contributed by atoms with Crippen molar-refractivity contribution in [1.29, 1.82) is 0 Å². The van der Waals surface area contributed by atoms with E-state index in [-0.39, 0.29) is 0 Å². The molecule has 106 valence electrons. The highest BCUT2D eigenvalue weighted by atomic mass is 15.2. The third-order valence-corrected chi connectivity index (χ3v) is 3.91. The number of hydrogen-bond acceptors (Lipinski definition) is 4. The number of aromatic nitrogens is 2. The summed E-state index contributed by atoms with van der Waals surface area (Å²) in [5, 5.41) is 0. The van der Waals surface area contributed by atoms with Crippen LogP contribution in [0.15, 0.2) is 6.07 Å². The van der Waals surface area contributed by atoms with Gasteiger partial charge in [-0.1, -0.05) is 33.1 Å². The minimum absolute atomic E-state index is 0.310. The Bertz CT molecular complexity index is 411. The van der Waals surface area contributed by atoms with Gasteiger partial charge in [0.15, 0.2) is 0 Å². The van der Waals surface area contributed by atoms with Crippen LogP contribution in [0.4, 0.5) is 11.6 Å². The molecule has 0 unspecified atom stereocenters. The first-order valence-corrected chi connectivity index (χ1v) is 7.42. The first-order valence-electron chi connectivity index (χ1n) is 7.42. The molecule has 0 atom stereocenters. The SMILES string of the molecule is CC(C)c1nc(N)cc(N(C)CC2CCCCC2)n1. The average Bonchev–Trinajstić information content (AvgIpc) is 2.39. The lowest BCUT2D eigenvalue weighted by Crippen LogP contribution is -2.28. The summed E-state index contributed by atoms with van der Waals surface area (Å²) in [6.07, 6.45) is 6.85. The van der Waals surface area contributed by atoms with E-state index in [1.165, 1.54) is 32.1 Å². The number of rotatable bonds is 4. The van der Waals surface area contributed by atoms with E-state index in [1.807, 2.05) is 6.07 Å². The molecule has 1 saturated carbocycles. The lowest BCUT2D eigenvalue weighted by Gasteiger charge is -2.28. The normalized spacial score (nSPS) is 16.8. The predicted octanol–water partition coefficient (Wildman–Crippen LogP) is 3.20. The maximum absolute atomic E-state index is 5.89. The second kappa shape index (κ2) is 6.22. The Morgan fingerprint density at radius 3 is 2.58 bits per heavy atom. The lowest BCUT2D eigenvalue weighted by molar-refractivity contribution is 0.361. The molecule has 2 N–H and O–H groups in total. The fourth-order valence-electron chi connectivity index (χ4n) is 2.78. The summed E-state index contributed by atoms with van der Waals surface area (Å²) in [4.78, 5) is 11.2. The molecule has 0 radical (unpaired) electrons. The molecule has 4 heteroatoms. The Morgan fingerprint density at radius 1 is 1.26 bits per heavy atom. The fourth-order valence-corrected chi connectivity index (χ4v) is 2.78. The molecule has 0 amide bonds. The molecule has 2 rings (SSSR count). The molecule has 0 spiro atoms. The Kier molecular flexibility index (Phi) is 4.61. The van der Waals surface area contributed by atoms with Crippen LogP contribution in [0, 0.1) is 5.92 Å². The van der Waals surface area contributed by atoms with Crippen molar-refractivity contribution in [1.82, 2.24) is 9.97 Å². The summed E-state index contributed by atoms with van der Waals surface area (Å²) in [6.45, 7) is 5.27. The summed E-state index contributed by atoms with van der Waals surface area (Å²) < 4.78 is 0. The first-order chi connectivity index (χ1) is 9.06. The van der Waals surface area contributed by atoms with Gasteiger partial charge in [-0.05, 0) is 18.8 Å². The van der Waals surface area contributed by atoms with E-state index in [1.54, 1.807) is 0 Å². The molecule has 0 aromatic carbocycles. The molecule has 0 aliphatic heterocycles. The molecule has 1 heterocycles. The smallest absolute Gasteiger partial charge is 0.135 e. The van der Waals surface area contributed by atoms with Gasteiger partial charge in [-0.3, -0.25) is 0 Å². The minimum atomic E-state index is 0.310. The number of nitrogen functional groups attached to an aromatic ring is 1. The molecule has 0 bridgehead atoms. The van der Waals surface area contributed by atoms with Crippen LogP contribution in [-0.2, 0) is 0 Å². The van der Waals surface area contributed by atoms with Crippen molar-refractivity contribution >= 4 is 11.6 Å². The number of anilines is 2. The van der Waals surface area contributed by atoms with Crippen LogP contribution in [0.3, 0.4) is 0 Å². The highest BCUT2D eigenvalue weighted by Crippen LogP contribution is 2.26. The third-order valence-electron chi connectivity index (χ3n) is 3.91. The Morgan fingerprint density at radius 2 is 1.95 bits per heavy atom. The monoisotopic (exact) mass is 262 g/mol. The Hall–Kier alpha value is -1.32. The molecule has 0 saturated heterocycles. The van der Waals surface area contributed by atoms with Gasteiger partial charge in [0, 0.05) is 25.6 Å². The molecule has 1 aliphatic rings. The summed E-state index contributed by atoms with van der Waals surface area (Å²) in [5.41, 5.74) is 5.89. The Balaban J connectivity index is 2.07. The zero-order valence-electron chi connectivity index (χ0n) is 12.4. The first kappa shape index (κ1) is 14.1. The van der Waals surface area contributed by atoms with Gasteiger partial charge in [0.2, 0.25) is 0 Å². The molecular formula is C15H26N4. The van der Waals surface area contributed by atoms with E-state index in [0.29, 0.717) is 11.7 Å².